The maximum absolute atomic E-state index is 9.29. The highest BCUT2D eigenvalue weighted by molar-refractivity contribution is 4.78. The van der Waals surface area contributed by atoms with E-state index in [1.807, 2.05) is 0 Å². The van der Waals surface area contributed by atoms with Crippen LogP contribution in [0, 0.1) is 5.92 Å². The summed E-state index contributed by atoms with van der Waals surface area (Å²) < 4.78 is 0. The molecular weight excluding hydrogens is 258 g/mol. The fraction of sp³-hybridized carbons (Fsp3) is 1.00. The monoisotopic (exact) mass is 297 g/mol. The first-order valence-electron chi connectivity index (χ1n) is 9.66. The molecule has 1 aliphatic rings. The van der Waals surface area contributed by atoms with Gasteiger partial charge in [-0.1, -0.05) is 65.2 Å². The highest BCUT2D eigenvalue weighted by Crippen LogP contribution is 2.24. The Hall–Kier alpha value is -0.0800. The first-order chi connectivity index (χ1) is 10.3. The Morgan fingerprint density at radius 1 is 0.857 bits per heavy atom. The van der Waals surface area contributed by atoms with E-state index >= 15 is 0 Å². The number of piperidine rings is 1. The van der Waals surface area contributed by atoms with Gasteiger partial charge in [0.2, 0.25) is 0 Å². The first kappa shape index (κ1) is 19.0. The summed E-state index contributed by atoms with van der Waals surface area (Å²) in [4.78, 5) is 2.74. The molecule has 2 heteroatoms. The summed E-state index contributed by atoms with van der Waals surface area (Å²) in [6, 6.07) is 0.817. The Kier molecular flexibility index (Phi) is 11.3. The first-order valence-corrected chi connectivity index (χ1v) is 9.66. The molecule has 1 atom stereocenters. The van der Waals surface area contributed by atoms with E-state index in [0.29, 0.717) is 12.5 Å². The third-order valence-electron chi connectivity index (χ3n) is 5.21. The van der Waals surface area contributed by atoms with Gasteiger partial charge in [-0.3, -0.25) is 0 Å². The van der Waals surface area contributed by atoms with Crippen LogP contribution >= 0.6 is 0 Å². The number of aliphatic hydroxyl groups excluding tert-OH is 1. The molecule has 2 nitrogen and oxygen atoms in total. The van der Waals surface area contributed by atoms with Crippen LogP contribution in [0.1, 0.15) is 90.9 Å². The lowest BCUT2D eigenvalue weighted by atomic mass is 9.93. The van der Waals surface area contributed by atoms with Gasteiger partial charge in [0.25, 0.3) is 0 Å². The number of rotatable bonds is 12. The molecule has 0 bridgehead atoms. The third kappa shape index (κ3) is 8.21. The van der Waals surface area contributed by atoms with E-state index in [0.717, 1.165) is 6.04 Å². The molecule has 1 rings (SSSR count). The van der Waals surface area contributed by atoms with E-state index in [9.17, 15) is 5.11 Å². The fourth-order valence-corrected chi connectivity index (χ4v) is 3.62. The van der Waals surface area contributed by atoms with Crippen molar-refractivity contribution in [2.75, 3.05) is 19.7 Å². The topological polar surface area (TPSA) is 23.5 Å². The zero-order chi connectivity index (χ0) is 15.3. The van der Waals surface area contributed by atoms with E-state index in [4.69, 9.17) is 0 Å². The van der Waals surface area contributed by atoms with Gasteiger partial charge in [0.15, 0.2) is 0 Å². The van der Waals surface area contributed by atoms with Crippen LogP contribution in [0.25, 0.3) is 0 Å². The van der Waals surface area contributed by atoms with Gasteiger partial charge in [-0.2, -0.15) is 0 Å². The highest BCUT2D eigenvalue weighted by atomic mass is 16.3. The van der Waals surface area contributed by atoms with Gasteiger partial charge in [-0.25, -0.2) is 0 Å². The van der Waals surface area contributed by atoms with Gasteiger partial charge in [0.05, 0.1) is 0 Å². The molecule has 0 aromatic carbocycles. The highest BCUT2D eigenvalue weighted by Gasteiger charge is 2.24. The van der Waals surface area contributed by atoms with Crippen molar-refractivity contribution in [2.45, 2.75) is 96.9 Å². The van der Waals surface area contributed by atoms with Crippen molar-refractivity contribution in [1.82, 2.24) is 4.90 Å². The molecule has 21 heavy (non-hydrogen) atoms. The second-order valence-corrected chi connectivity index (χ2v) is 7.01. The summed E-state index contributed by atoms with van der Waals surface area (Å²) in [5.41, 5.74) is 0. The molecule has 0 aromatic heterocycles. The molecule has 126 valence electrons. The SMILES string of the molecule is CCCCCCCC(CCCCC)N1CCC(CO)CC1. The maximum Gasteiger partial charge on any atom is 0.0460 e. The van der Waals surface area contributed by atoms with Crippen LogP contribution in [-0.2, 0) is 0 Å². The smallest absolute Gasteiger partial charge is 0.0460 e. The van der Waals surface area contributed by atoms with E-state index in [1.165, 1.54) is 90.1 Å². The van der Waals surface area contributed by atoms with Crippen molar-refractivity contribution >= 4 is 0 Å². The van der Waals surface area contributed by atoms with E-state index in [1.54, 1.807) is 0 Å². The standard InChI is InChI=1S/C19H39NO/c1-3-5-7-8-10-12-19(11-9-6-4-2)20-15-13-18(17-21)14-16-20/h18-19,21H,3-17H2,1-2H3. The van der Waals surface area contributed by atoms with Gasteiger partial charge in [-0.05, 0) is 44.7 Å². The van der Waals surface area contributed by atoms with Crippen molar-refractivity contribution in [1.29, 1.82) is 0 Å². The summed E-state index contributed by atoms with van der Waals surface area (Å²) in [5.74, 6) is 0.571. The van der Waals surface area contributed by atoms with Crippen molar-refractivity contribution in [3.05, 3.63) is 0 Å². The average molecular weight is 298 g/mol. The van der Waals surface area contributed by atoms with Crippen LogP contribution in [0.5, 0.6) is 0 Å². The van der Waals surface area contributed by atoms with Gasteiger partial charge in [-0.15, -0.1) is 0 Å². The molecule has 0 spiro atoms. The van der Waals surface area contributed by atoms with Crippen molar-refractivity contribution < 1.29 is 5.11 Å². The molecular formula is C19H39NO. The lowest BCUT2D eigenvalue weighted by Gasteiger charge is -2.37. The minimum atomic E-state index is 0.394. The number of hydrogen-bond acceptors (Lipinski definition) is 2. The number of likely N-dealkylation sites (tertiary alicyclic amines) is 1. The Balaban J connectivity index is 2.29. The van der Waals surface area contributed by atoms with Gasteiger partial charge < -0.3 is 10.0 Å². The fourth-order valence-electron chi connectivity index (χ4n) is 3.62. The summed E-state index contributed by atoms with van der Waals surface area (Å²) in [5, 5.41) is 9.29. The lowest BCUT2D eigenvalue weighted by molar-refractivity contribution is 0.0903. The van der Waals surface area contributed by atoms with E-state index < -0.39 is 0 Å². The molecule has 1 N–H and O–H groups in total. The van der Waals surface area contributed by atoms with Gasteiger partial charge >= 0.3 is 0 Å². The number of hydrogen-bond donors (Lipinski definition) is 1. The van der Waals surface area contributed by atoms with Crippen LogP contribution in [0.3, 0.4) is 0 Å². The molecule has 0 aromatic rings. The molecule has 1 aliphatic heterocycles. The zero-order valence-corrected chi connectivity index (χ0v) is 14.7. The lowest BCUT2D eigenvalue weighted by Crippen LogP contribution is -2.42. The van der Waals surface area contributed by atoms with Crippen LogP contribution < -0.4 is 0 Å². The Morgan fingerprint density at radius 2 is 1.38 bits per heavy atom. The van der Waals surface area contributed by atoms with Crippen LogP contribution in [0.2, 0.25) is 0 Å². The Morgan fingerprint density at radius 3 is 1.95 bits per heavy atom. The Bertz CT molecular complexity index is 224. The van der Waals surface area contributed by atoms with Crippen molar-refractivity contribution in [3.63, 3.8) is 0 Å². The van der Waals surface area contributed by atoms with Crippen molar-refractivity contribution in [2.24, 2.45) is 5.92 Å². The molecule has 0 aliphatic carbocycles. The predicted molar refractivity (Wildman–Crippen MR) is 92.7 cm³/mol. The van der Waals surface area contributed by atoms with E-state index in [2.05, 4.69) is 18.7 Å². The quantitative estimate of drug-likeness (QED) is 0.512. The second-order valence-electron chi connectivity index (χ2n) is 7.01. The Labute approximate surface area is 133 Å². The minimum Gasteiger partial charge on any atom is -0.396 e. The molecule has 0 saturated carbocycles. The number of nitrogens with zero attached hydrogens (tertiary/aromatic N) is 1. The molecule has 1 saturated heterocycles. The maximum atomic E-state index is 9.29. The van der Waals surface area contributed by atoms with Gasteiger partial charge in [0.1, 0.15) is 0 Å². The molecule has 0 amide bonds. The van der Waals surface area contributed by atoms with Crippen molar-refractivity contribution in [3.8, 4) is 0 Å². The van der Waals surface area contributed by atoms with Gasteiger partial charge in [0, 0.05) is 12.6 Å². The number of aliphatic hydroxyl groups is 1. The van der Waals surface area contributed by atoms with E-state index in [-0.39, 0.29) is 0 Å². The predicted octanol–water partition coefficient (Wildman–Crippen LogP) is 5.00. The largest absolute Gasteiger partial charge is 0.396 e. The zero-order valence-electron chi connectivity index (χ0n) is 14.7. The van der Waals surface area contributed by atoms with Crippen LogP contribution in [0.15, 0.2) is 0 Å². The number of unbranched alkanes of at least 4 members (excludes halogenated alkanes) is 6. The van der Waals surface area contributed by atoms with Crippen LogP contribution in [-0.4, -0.2) is 35.7 Å². The average Bonchev–Trinajstić information content (AvgIpc) is 2.53. The summed E-state index contributed by atoms with van der Waals surface area (Å²) in [7, 11) is 0. The molecule has 1 fully saturated rings. The minimum absolute atomic E-state index is 0.394. The summed E-state index contributed by atoms with van der Waals surface area (Å²) in [6.45, 7) is 7.42. The summed E-state index contributed by atoms with van der Waals surface area (Å²) in [6.07, 6.45) is 16.3. The molecule has 0 radical (unpaired) electrons. The normalized spacial score (nSPS) is 19.0. The third-order valence-corrected chi connectivity index (χ3v) is 5.21. The summed E-state index contributed by atoms with van der Waals surface area (Å²) >= 11 is 0. The molecule has 1 heterocycles. The molecule has 1 unspecified atom stereocenters. The van der Waals surface area contributed by atoms with Crippen LogP contribution in [0.4, 0.5) is 0 Å². The second kappa shape index (κ2) is 12.5.